The number of amides is 1. The molecule has 0 fully saturated rings. The first-order chi connectivity index (χ1) is 14.7. The summed E-state index contributed by atoms with van der Waals surface area (Å²) in [6.45, 7) is 12.0. The van der Waals surface area contributed by atoms with Crippen LogP contribution in [-0.2, 0) is 4.79 Å². The molecule has 0 spiro atoms. The van der Waals surface area contributed by atoms with E-state index in [0.717, 1.165) is 30.5 Å². The summed E-state index contributed by atoms with van der Waals surface area (Å²) in [5.41, 5.74) is 4.93. The van der Waals surface area contributed by atoms with Gasteiger partial charge in [-0.05, 0) is 98.7 Å². The lowest BCUT2D eigenvalue weighted by atomic mass is 9.78. The molecular weight excluding hydrogens is 389 g/mol. The monoisotopic (exact) mass is 419 g/mol. The molecule has 1 aliphatic rings. The van der Waals surface area contributed by atoms with Crippen molar-refractivity contribution in [2.24, 2.45) is 0 Å². The normalized spacial score (nSPS) is 17.6. The predicted molar refractivity (Wildman–Crippen MR) is 125 cm³/mol. The highest BCUT2D eigenvalue weighted by atomic mass is 19.1. The first-order valence-electron chi connectivity index (χ1n) is 10.8. The van der Waals surface area contributed by atoms with Gasteiger partial charge in [0.05, 0.1) is 0 Å². The molecule has 162 valence electrons. The summed E-state index contributed by atoms with van der Waals surface area (Å²) in [5, 5.41) is 12.3. The highest BCUT2D eigenvalue weighted by molar-refractivity contribution is 6.09. The highest BCUT2D eigenvalue weighted by Gasteiger charge is 2.36. The molecule has 1 unspecified atom stereocenters. The van der Waals surface area contributed by atoms with Crippen LogP contribution in [-0.4, -0.2) is 18.0 Å². The fourth-order valence-corrected chi connectivity index (χ4v) is 4.49. The molecule has 1 amide bonds. The molecule has 1 heterocycles. The van der Waals surface area contributed by atoms with Gasteiger partial charge in [0.1, 0.15) is 17.5 Å². The molecule has 31 heavy (non-hydrogen) atoms. The van der Waals surface area contributed by atoms with Crippen LogP contribution in [0.1, 0.15) is 63.1 Å². The quantitative estimate of drug-likeness (QED) is 0.465. The molecule has 2 aromatic rings. The number of nitrogens with zero attached hydrogens (tertiary/aromatic N) is 2. The Hall–Kier alpha value is -3.13. The Balaban J connectivity index is 1.96. The van der Waals surface area contributed by atoms with Crippen LogP contribution < -0.4 is 10.2 Å². The number of hydrogen-bond donors (Lipinski definition) is 1. The average molecular weight is 420 g/mol. The fraction of sp³-hybridized carbons (Fsp3) is 0.385. The van der Waals surface area contributed by atoms with Crippen LogP contribution in [0, 0.1) is 24.1 Å². The smallest absolute Gasteiger partial charge is 0.266 e. The number of nitriles is 1. The van der Waals surface area contributed by atoms with E-state index in [4.69, 9.17) is 0 Å². The predicted octanol–water partition coefficient (Wildman–Crippen LogP) is 6.18. The summed E-state index contributed by atoms with van der Waals surface area (Å²) in [7, 11) is 0. The third kappa shape index (κ3) is 4.80. The van der Waals surface area contributed by atoms with Crippen molar-refractivity contribution in [3.8, 4) is 6.07 Å². The van der Waals surface area contributed by atoms with Gasteiger partial charge in [-0.25, -0.2) is 4.39 Å². The van der Waals surface area contributed by atoms with Crippen LogP contribution in [0.5, 0.6) is 0 Å². The van der Waals surface area contributed by atoms with Gasteiger partial charge in [-0.2, -0.15) is 5.26 Å². The standard InChI is InChI=1S/C26H30FN3O/c1-6-11-30-24-12-17(2)19(14-23(24)18(3)15-26(30,4)5)13-20(16-28)25(31)29-22-9-7-21(27)8-10-22/h7-10,12-14,18H,6,11,15H2,1-5H3,(H,29,31)/b20-13+. The van der Waals surface area contributed by atoms with Crippen molar-refractivity contribution in [3.05, 3.63) is 64.5 Å². The summed E-state index contributed by atoms with van der Waals surface area (Å²) < 4.78 is 13.1. The van der Waals surface area contributed by atoms with E-state index in [2.05, 4.69) is 50.0 Å². The number of hydrogen-bond acceptors (Lipinski definition) is 3. The van der Waals surface area contributed by atoms with Crippen molar-refractivity contribution in [3.63, 3.8) is 0 Å². The van der Waals surface area contributed by atoms with Gasteiger partial charge in [0, 0.05) is 23.5 Å². The number of benzene rings is 2. The molecule has 0 saturated heterocycles. The lowest BCUT2D eigenvalue weighted by molar-refractivity contribution is -0.112. The second-order valence-electron chi connectivity index (χ2n) is 8.97. The van der Waals surface area contributed by atoms with Gasteiger partial charge < -0.3 is 10.2 Å². The number of carbonyl (C=O) groups is 1. The second-order valence-corrected chi connectivity index (χ2v) is 8.97. The summed E-state index contributed by atoms with van der Waals surface area (Å²) in [6.07, 6.45) is 3.76. The summed E-state index contributed by atoms with van der Waals surface area (Å²) >= 11 is 0. The fourth-order valence-electron chi connectivity index (χ4n) is 4.49. The Labute approximate surface area is 184 Å². The Morgan fingerprint density at radius 3 is 2.61 bits per heavy atom. The van der Waals surface area contributed by atoms with Crippen LogP contribution >= 0.6 is 0 Å². The maximum atomic E-state index is 13.1. The van der Waals surface area contributed by atoms with Gasteiger partial charge in [-0.15, -0.1) is 0 Å². The average Bonchev–Trinajstić information content (AvgIpc) is 2.71. The van der Waals surface area contributed by atoms with Crippen molar-refractivity contribution < 1.29 is 9.18 Å². The lowest BCUT2D eigenvalue weighted by Crippen LogP contribution is -2.48. The van der Waals surface area contributed by atoms with Crippen LogP contribution in [0.3, 0.4) is 0 Å². The number of anilines is 2. The molecule has 1 atom stereocenters. The van der Waals surface area contributed by atoms with Gasteiger partial charge in [0.2, 0.25) is 0 Å². The van der Waals surface area contributed by atoms with E-state index in [1.54, 1.807) is 6.08 Å². The molecule has 1 N–H and O–H groups in total. The summed E-state index contributed by atoms with van der Waals surface area (Å²) in [4.78, 5) is 15.1. The van der Waals surface area contributed by atoms with Crippen LogP contribution in [0.15, 0.2) is 42.0 Å². The SMILES string of the molecule is CCCN1c2cc(C)c(/C=C(\C#N)C(=O)Nc3ccc(F)cc3)cc2C(C)CC1(C)C. The number of carbonyl (C=O) groups excluding carboxylic acids is 1. The number of rotatable bonds is 5. The van der Waals surface area contributed by atoms with Crippen LogP contribution in [0.4, 0.5) is 15.8 Å². The molecule has 0 aromatic heterocycles. The van der Waals surface area contributed by atoms with Crippen molar-refractivity contribution in [1.82, 2.24) is 0 Å². The van der Waals surface area contributed by atoms with Crippen LogP contribution in [0.2, 0.25) is 0 Å². The van der Waals surface area contributed by atoms with Gasteiger partial charge in [-0.3, -0.25) is 4.79 Å². The van der Waals surface area contributed by atoms with E-state index < -0.39 is 5.91 Å². The third-order valence-corrected chi connectivity index (χ3v) is 5.99. The van der Waals surface area contributed by atoms with Crippen molar-refractivity contribution in [2.45, 2.75) is 58.9 Å². The van der Waals surface area contributed by atoms with Crippen molar-refractivity contribution in [2.75, 3.05) is 16.8 Å². The Bertz CT molecular complexity index is 1050. The lowest BCUT2D eigenvalue weighted by Gasteiger charge is -2.48. The summed E-state index contributed by atoms with van der Waals surface area (Å²) in [6, 6.07) is 11.8. The third-order valence-electron chi connectivity index (χ3n) is 5.99. The number of halogens is 1. The number of nitrogens with one attached hydrogen (secondary N) is 1. The Morgan fingerprint density at radius 2 is 2.00 bits per heavy atom. The molecular formula is C26H30FN3O. The largest absolute Gasteiger partial charge is 0.366 e. The van der Waals surface area contributed by atoms with E-state index in [1.807, 2.05) is 13.0 Å². The second kappa shape index (κ2) is 8.93. The Kier molecular flexibility index (Phi) is 6.50. The highest BCUT2D eigenvalue weighted by Crippen LogP contribution is 2.44. The Morgan fingerprint density at radius 1 is 1.32 bits per heavy atom. The van der Waals surface area contributed by atoms with E-state index in [1.165, 1.54) is 35.5 Å². The first kappa shape index (κ1) is 22.6. The van der Waals surface area contributed by atoms with E-state index in [9.17, 15) is 14.4 Å². The molecule has 0 aliphatic carbocycles. The zero-order valence-electron chi connectivity index (χ0n) is 18.9. The topological polar surface area (TPSA) is 56.1 Å². The molecule has 0 radical (unpaired) electrons. The van der Waals surface area contributed by atoms with Gasteiger partial charge >= 0.3 is 0 Å². The van der Waals surface area contributed by atoms with E-state index in [0.29, 0.717) is 11.6 Å². The molecule has 4 nitrogen and oxygen atoms in total. The molecule has 3 rings (SSSR count). The zero-order chi connectivity index (χ0) is 22.8. The minimum absolute atomic E-state index is 0.0154. The van der Waals surface area contributed by atoms with Gasteiger partial charge in [-0.1, -0.05) is 13.8 Å². The minimum Gasteiger partial charge on any atom is -0.366 e. The van der Waals surface area contributed by atoms with E-state index >= 15 is 0 Å². The number of fused-ring (bicyclic) bond motifs is 1. The first-order valence-corrected chi connectivity index (χ1v) is 10.8. The number of aryl methyl sites for hydroxylation is 1. The molecule has 0 bridgehead atoms. The van der Waals surface area contributed by atoms with E-state index in [-0.39, 0.29) is 16.9 Å². The minimum atomic E-state index is -0.506. The summed E-state index contributed by atoms with van der Waals surface area (Å²) in [5.74, 6) is -0.509. The van der Waals surface area contributed by atoms with Crippen LogP contribution in [0.25, 0.3) is 6.08 Å². The molecule has 0 saturated carbocycles. The van der Waals surface area contributed by atoms with Gasteiger partial charge in [0.15, 0.2) is 0 Å². The van der Waals surface area contributed by atoms with Crippen molar-refractivity contribution in [1.29, 1.82) is 5.26 Å². The van der Waals surface area contributed by atoms with Gasteiger partial charge in [0.25, 0.3) is 5.91 Å². The molecule has 2 aromatic carbocycles. The zero-order valence-corrected chi connectivity index (χ0v) is 18.9. The maximum absolute atomic E-state index is 13.1. The molecule has 5 heteroatoms. The maximum Gasteiger partial charge on any atom is 0.266 e. The van der Waals surface area contributed by atoms with Crippen molar-refractivity contribution >= 4 is 23.4 Å². The molecule has 1 aliphatic heterocycles.